The third kappa shape index (κ3) is 6.85. The monoisotopic (exact) mass is 259 g/mol. The van der Waals surface area contributed by atoms with Gasteiger partial charge in [-0.05, 0) is 13.3 Å². The zero-order chi connectivity index (χ0) is 14.1. The fourth-order valence-corrected chi connectivity index (χ4v) is 1.38. The highest BCUT2D eigenvalue weighted by Crippen LogP contribution is 2.04. The Bertz CT molecular complexity index is 307. The highest BCUT2D eigenvalue weighted by atomic mass is 16.4. The van der Waals surface area contributed by atoms with Crippen molar-refractivity contribution in [2.45, 2.75) is 32.7 Å². The van der Waals surface area contributed by atoms with Crippen LogP contribution >= 0.6 is 0 Å². The van der Waals surface area contributed by atoms with Crippen molar-refractivity contribution < 1.29 is 19.5 Å². The molecule has 7 heteroatoms. The second-order valence-electron chi connectivity index (χ2n) is 4.00. The molecule has 0 aliphatic heterocycles. The van der Waals surface area contributed by atoms with Gasteiger partial charge in [0.2, 0.25) is 5.91 Å². The summed E-state index contributed by atoms with van der Waals surface area (Å²) in [7, 11) is 1.42. The molecular weight excluding hydrogens is 238 g/mol. The Morgan fingerprint density at radius 2 is 1.94 bits per heavy atom. The normalized spacial score (nSPS) is 12.0. The summed E-state index contributed by atoms with van der Waals surface area (Å²) in [6.07, 6.45) is 0.884. The van der Waals surface area contributed by atoms with Crippen LogP contribution < -0.4 is 10.6 Å². The van der Waals surface area contributed by atoms with E-state index in [1.807, 2.05) is 13.8 Å². The number of amides is 3. The van der Waals surface area contributed by atoms with Gasteiger partial charge < -0.3 is 10.4 Å². The molecular formula is C11H21N3O4. The van der Waals surface area contributed by atoms with Gasteiger partial charge in [-0.15, -0.1) is 0 Å². The zero-order valence-corrected chi connectivity index (χ0v) is 11.0. The smallest absolute Gasteiger partial charge is 0.321 e. The van der Waals surface area contributed by atoms with E-state index < -0.39 is 17.9 Å². The van der Waals surface area contributed by atoms with Crippen LogP contribution in [-0.2, 0) is 9.59 Å². The molecule has 18 heavy (non-hydrogen) atoms. The summed E-state index contributed by atoms with van der Waals surface area (Å²) in [5.41, 5.74) is 0. The minimum absolute atomic E-state index is 0.0777. The average molecular weight is 259 g/mol. The van der Waals surface area contributed by atoms with Crippen molar-refractivity contribution in [1.82, 2.24) is 15.5 Å². The van der Waals surface area contributed by atoms with Crippen LogP contribution in [0.4, 0.5) is 4.79 Å². The van der Waals surface area contributed by atoms with E-state index in [0.717, 1.165) is 6.42 Å². The molecule has 0 saturated heterocycles. The van der Waals surface area contributed by atoms with Crippen molar-refractivity contribution in [3.63, 3.8) is 0 Å². The lowest BCUT2D eigenvalue weighted by Gasteiger charge is -2.26. The van der Waals surface area contributed by atoms with Gasteiger partial charge in [0, 0.05) is 26.1 Å². The van der Waals surface area contributed by atoms with Gasteiger partial charge in [0.15, 0.2) is 0 Å². The summed E-state index contributed by atoms with van der Waals surface area (Å²) in [4.78, 5) is 34.6. The van der Waals surface area contributed by atoms with Crippen LogP contribution in [0.3, 0.4) is 0 Å². The number of carboxylic acids is 1. The van der Waals surface area contributed by atoms with Crippen molar-refractivity contribution >= 4 is 17.9 Å². The molecule has 0 saturated carbocycles. The van der Waals surface area contributed by atoms with E-state index in [1.54, 1.807) is 4.90 Å². The SMILES string of the molecule is CCC(C)N(CCC(=O)NC(=O)NC)CC(=O)O. The lowest BCUT2D eigenvalue weighted by molar-refractivity contribution is -0.139. The zero-order valence-electron chi connectivity index (χ0n) is 11.0. The predicted molar refractivity (Wildman–Crippen MR) is 66.2 cm³/mol. The van der Waals surface area contributed by atoms with Crippen molar-refractivity contribution in [1.29, 1.82) is 0 Å². The lowest BCUT2D eigenvalue weighted by Crippen LogP contribution is -2.42. The molecule has 0 heterocycles. The van der Waals surface area contributed by atoms with E-state index >= 15 is 0 Å². The summed E-state index contributed by atoms with van der Waals surface area (Å²) in [6, 6.07) is -0.484. The van der Waals surface area contributed by atoms with Gasteiger partial charge in [-0.3, -0.25) is 19.8 Å². The fraction of sp³-hybridized carbons (Fsp3) is 0.727. The molecule has 7 nitrogen and oxygen atoms in total. The molecule has 1 atom stereocenters. The second kappa shape index (κ2) is 8.46. The summed E-state index contributed by atoms with van der Waals surface area (Å²) >= 11 is 0. The Kier molecular flexibility index (Phi) is 7.69. The van der Waals surface area contributed by atoms with Crippen molar-refractivity contribution in [3.05, 3.63) is 0 Å². The van der Waals surface area contributed by atoms with Crippen molar-refractivity contribution in [2.75, 3.05) is 20.1 Å². The molecule has 0 aromatic rings. The molecule has 3 amide bonds. The Labute approximate surface area is 107 Å². The maximum Gasteiger partial charge on any atom is 0.321 e. The van der Waals surface area contributed by atoms with Crippen LogP contribution in [0.25, 0.3) is 0 Å². The van der Waals surface area contributed by atoms with Gasteiger partial charge in [-0.1, -0.05) is 6.92 Å². The fourth-order valence-electron chi connectivity index (χ4n) is 1.38. The molecule has 0 bridgehead atoms. The summed E-state index contributed by atoms with van der Waals surface area (Å²) in [6.45, 7) is 4.05. The number of carbonyl (C=O) groups is 3. The molecule has 0 aliphatic rings. The Morgan fingerprint density at radius 3 is 2.39 bits per heavy atom. The number of aliphatic carboxylic acids is 1. The Morgan fingerprint density at radius 1 is 1.33 bits per heavy atom. The van der Waals surface area contributed by atoms with Crippen LogP contribution in [-0.4, -0.2) is 54.1 Å². The molecule has 0 spiro atoms. The number of urea groups is 1. The van der Waals surface area contributed by atoms with Gasteiger partial charge in [0.05, 0.1) is 6.54 Å². The predicted octanol–water partition coefficient (Wildman–Crippen LogP) is 0.0172. The third-order valence-corrected chi connectivity index (χ3v) is 2.66. The first-order valence-corrected chi connectivity index (χ1v) is 5.88. The van der Waals surface area contributed by atoms with Gasteiger partial charge in [-0.25, -0.2) is 4.79 Å². The van der Waals surface area contributed by atoms with Crippen LogP contribution in [0.1, 0.15) is 26.7 Å². The van der Waals surface area contributed by atoms with E-state index in [-0.39, 0.29) is 19.0 Å². The molecule has 0 aromatic heterocycles. The number of rotatable bonds is 7. The number of carboxylic acid groups (broad SMARTS) is 1. The quantitative estimate of drug-likeness (QED) is 0.598. The standard InChI is InChI=1S/C11H21N3O4/c1-4-8(2)14(7-10(16)17)6-5-9(15)13-11(18)12-3/h8H,4-7H2,1-3H3,(H,16,17)(H2,12,13,15,18). The highest BCUT2D eigenvalue weighted by Gasteiger charge is 2.17. The molecule has 0 aromatic carbocycles. The minimum atomic E-state index is -0.929. The van der Waals surface area contributed by atoms with Gasteiger partial charge in [-0.2, -0.15) is 0 Å². The highest BCUT2D eigenvalue weighted by molar-refractivity contribution is 5.94. The number of hydrogen-bond donors (Lipinski definition) is 3. The van der Waals surface area contributed by atoms with Crippen LogP contribution in [0.5, 0.6) is 0 Å². The maximum absolute atomic E-state index is 11.4. The number of nitrogens with zero attached hydrogens (tertiary/aromatic N) is 1. The van der Waals surface area contributed by atoms with Gasteiger partial charge in [0.1, 0.15) is 0 Å². The van der Waals surface area contributed by atoms with Gasteiger partial charge >= 0.3 is 12.0 Å². The summed E-state index contributed by atoms with van der Waals surface area (Å²) in [5, 5.41) is 13.2. The van der Waals surface area contributed by atoms with E-state index in [2.05, 4.69) is 10.6 Å². The van der Waals surface area contributed by atoms with Crippen LogP contribution in [0, 0.1) is 0 Å². The van der Waals surface area contributed by atoms with E-state index in [0.29, 0.717) is 6.54 Å². The largest absolute Gasteiger partial charge is 0.480 e. The van der Waals surface area contributed by atoms with E-state index in [1.165, 1.54) is 7.05 Å². The summed E-state index contributed by atoms with van der Waals surface area (Å²) < 4.78 is 0. The van der Waals surface area contributed by atoms with Crippen LogP contribution in [0.2, 0.25) is 0 Å². The second-order valence-corrected chi connectivity index (χ2v) is 4.00. The first-order valence-electron chi connectivity index (χ1n) is 5.88. The third-order valence-electron chi connectivity index (χ3n) is 2.66. The van der Waals surface area contributed by atoms with Crippen molar-refractivity contribution in [2.24, 2.45) is 0 Å². The molecule has 0 fully saturated rings. The Balaban J connectivity index is 4.21. The molecule has 0 rings (SSSR count). The number of hydrogen-bond acceptors (Lipinski definition) is 4. The van der Waals surface area contributed by atoms with E-state index in [9.17, 15) is 14.4 Å². The molecule has 3 N–H and O–H groups in total. The average Bonchev–Trinajstić information content (AvgIpc) is 2.32. The van der Waals surface area contributed by atoms with Crippen LogP contribution in [0.15, 0.2) is 0 Å². The molecule has 1 unspecified atom stereocenters. The van der Waals surface area contributed by atoms with Crippen molar-refractivity contribution in [3.8, 4) is 0 Å². The summed E-state index contributed by atoms with van der Waals surface area (Å²) in [5.74, 6) is -1.35. The molecule has 0 radical (unpaired) electrons. The molecule has 0 aliphatic carbocycles. The first-order chi connectivity index (χ1) is 8.40. The Hall–Kier alpha value is -1.63. The van der Waals surface area contributed by atoms with E-state index in [4.69, 9.17) is 5.11 Å². The molecule has 104 valence electrons. The minimum Gasteiger partial charge on any atom is -0.480 e. The number of imide groups is 1. The topological polar surface area (TPSA) is 98.7 Å². The lowest BCUT2D eigenvalue weighted by atomic mass is 10.2. The number of carbonyl (C=O) groups excluding carboxylic acids is 2. The number of nitrogens with one attached hydrogen (secondary N) is 2. The first kappa shape index (κ1) is 16.4. The van der Waals surface area contributed by atoms with Gasteiger partial charge in [0.25, 0.3) is 0 Å². The maximum atomic E-state index is 11.4.